The van der Waals surface area contributed by atoms with Gasteiger partial charge in [0.1, 0.15) is 0 Å². The van der Waals surface area contributed by atoms with Gasteiger partial charge in [-0.15, -0.1) is 0 Å². The van der Waals surface area contributed by atoms with Crippen molar-refractivity contribution in [3.05, 3.63) is 35.9 Å². The summed E-state index contributed by atoms with van der Waals surface area (Å²) in [4.78, 5) is 14.9. The van der Waals surface area contributed by atoms with Gasteiger partial charge in [0.2, 0.25) is 5.91 Å². The molecule has 0 atom stereocenters. The Labute approximate surface area is 121 Å². The van der Waals surface area contributed by atoms with Crippen LogP contribution in [0.3, 0.4) is 0 Å². The summed E-state index contributed by atoms with van der Waals surface area (Å²) in [6.45, 7) is 5.04. The molecule has 1 amide bonds. The monoisotopic (exact) mass is 272 g/mol. The Hall–Kier alpha value is -1.35. The van der Waals surface area contributed by atoms with Crippen LogP contribution in [0.15, 0.2) is 30.3 Å². The molecule has 1 aromatic carbocycles. The summed E-state index contributed by atoms with van der Waals surface area (Å²) in [5.74, 6) is 0.670. The first-order valence-electron chi connectivity index (χ1n) is 7.75. The molecular weight excluding hydrogens is 248 g/mol. The highest BCUT2D eigenvalue weighted by molar-refractivity contribution is 5.81. The molecule has 2 fully saturated rings. The Balaban J connectivity index is 1.81. The molecule has 1 aliphatic carbocycles. The predicted octanol–water partition coefficient (Wildman–Crippen LogP) is 2.57. The highest BCUT2D eigenvalue weighted by Crippen LogP contribution is 2.36. The van der Waals surface area contributed by atoms with E-state index in [0.717, 1.165) is 45.3 Å². The van der Waals surface area contributed by atoms with E-state index in [1.54, 1.807) is 0 Å². The molecule has 108 valence electrons. The van der Waals surface area contributed by atoms with Crippen molar-refractivity contribution in [2.24, 2.45) is 5.92 Å². The van der Waals surface area contributed by atoms with E-state index in [-0.39, 0.29) is 5.54 Å². The van der Waals surface area contributed by atoms with Gasteiger partial charge in [0.15, 0.2) is 0 Å². The number of hydrogen-bond donors (Lipinski definition) is 1. The van der Waals surface area contributed by atoms with Crippen molar-refractivity contribution in [3.63, 3.8) is 0 Å². The van der Waals surface area contributed by atoms with Crippen molar-refractivity contribution in [2.75, 3.05) is 13.1 Å². The lowest BCUT2D eigenvalue weighted by Gasteiger charge is -2.44. The first kappa shape index (κ1) is 13.6. The number of nitrogens with zero attached hydrogens (tertiary/aromatic N) is 1. The van der Waals surface area contributed by atoms with Crippen molar-refractivity contribution < 1.29 is 4.79 Å². The standard InChI is InChI=1S/C17H24N2O/c1-17(9-11-18-12-10-17)19(16(20)15-7-8-15)13-14-5-3-2-4-6-14/h2-6,15,18H,7-13H2,1H3. The largest absolute Gasteiger partial charge is 0.333 e. The molecule has 3 heteroatoms. The predicted molar refractivity (Wildman–Crippen MR) is 80.2 cm³/mol. The minimum atomic E-state index is 0.0146. The fourth-order valence-electron chi connectivity index (χ4n) is 3.09. The van der Waals surface area contributed by atoms with Gasteiger partial charge in [-0.2, -0.15) is 0 Å². The van der Waals surface area contributed by atoms with Crippen LogP contribution in [-0.4, -0.2) is 29.4 Å². The summed E-state index contributed by atoms with van der Waals surface area (Å²) in [5.41, 5.74) is 1.25. The summed E-state index contributed by atoms with van der Waals surface area (Å²) in [5, 5.41) is 3.40. The second kappa shape index (κ2) is 5.57. The molecule has 2 aliphatic rings. The molecule has 0 bridgehead atoms. The van der Waals surface area contributed by atoms with Gasteiger partial charge < -0.3 is 10.2 Å². The molecule has 0 unspecified atom stereocenters. The molecule has 1 heterocycles. The van der Waals surface area contributed by atoms with Gasteiger partial charge in [0.25, 0.3) is 0 Å². The molecule has 1 N–H and O–H groups in total. The molecule has 0 aromatic heterocycles. The average molecular weight is 272 g/mol. The Kier molecular flexibility index (Phi) is 3.79. The van der Waals surface area contributed by atoms with Gasteiger partial charge in [-0.3, -0.25) is 4.79 Å². The average Bonchev–Trinajstić information content (AvgIpc) is 3.30. The lowest BCUT2D eigenvalue weighted by atomic mass is 9.87. The fourth-order valence-corrected chi connectivity index (χ4v) is 3.09. The number of amides is 1. The van der Waals surface area contributed by atoms with Crippen LogP contribution in [0.1, 0.15) is 38.2 Å². The summed E-state index contributed by atoms with van der Waals surface area (Å²) in [7, 11) is 0. The van der Waals surface area contributed by atoms with Crippen LogP contribution in [0.4, 0.5) is 0 Å². The molecule has 3 rings (SSSR count). The van der Waals surface area contributed by atoms with E-state index in [1.807, 2.05) is 6.07 Å². The zero-order chi connectivity index (χ0) is 14.0. The van der Waals surface area contributed by atoms with Crippen LogP contribution < -0.4 is 5.32 Å². The number of carbonyl (C=O) groups is 1. The van der Waals surface area contributed by atoms with Crippen LogP contribution >= 0.6 is 0 Å². The molecule has 1 saturated heterocycles. The lowest BCUT2D eigenvalue weighted by molar-refractivity contribution is -0.140. The van der Waals surface area contributed by atoms with Gasteiger partial charge in [0.05, 0.1) is 0 Å². The second-order valence-electron chi connectivity index (χ2n) is 6.43. The van der Waals surface area contributed by atoms with Gasteiger partial charge in [-0.25, -0.2) is 0 Å². The Morgan fingerprint density at radius 2 is 1.90 bits per heavy atom. The lowest BCUT2D eigenvalue weighted by Crippen LogP contribution is -2.55. The second-order valence-corrected chi connectivity index (χ2v) is 6.43. The van der Waals surface area contributed by atoms with E-state index in [4.69, 9.17) is 0 Å². The van der Waals surface area contributed by atoms with Crippen molar-refractivity contribution in [2.45, 2.75) is 44.7 Å². The number of carbonyl (C=O) groups excluding carboxylic acids is 1. The van der Waals surface area contributed by atoms with Crippen molar-refractivity contribution >= 4 is 5.91 Å². The van der Waals surface area contributed by atoms with E-state index in [1.165, 1.54) is 5.56 Å². The van der Waals surface area contributed by atoms with Crippen LogP contribution in [-0.2, 0) is 11.3 Å². The topological polar surface area (TPSA) is 32.3 Å². The number of rotatable bonds is 4. The molecule has 1 aromatic rings. The summed E-state index contributed by atoms with van der Waals surface area (Å²) in [6, 6.07) is 10.4. The smallest absolute Gasteiger partial charge is 0.226 e. The van der Waals surface area contributed by atoms with Crippen LogP contribution in [0, 0.1) is 5.92 Å². The molecule has 20 heavy (non-hydrogen) atoms. The number of hydrogen-bond acceptors (Lipinski definition) is 2. The van der Waals surface area contributed by atoms with Gasteiger partial charge in [0, 0.05) is 18.0 Å². The number of benzene rings is 1. The van der Waals surface area contributed by atoms with E-state index in [9.17, 15) is 4.79 Å². The third-order valence-electron chi connectivity index (χ3n) is 4.71. The zero-order valence-electron chi connectivity index (χ0n) is 12.3. The first-order valence-corrected chi connectivity index (χ1v) is 7.75. The van der Waals surface area contributed by atoms with Crippen LogP contribution in [0.2, 0.25) is 0 Å². The minimum absolute atomic E-state index is 0.0146. The van der Waals surface area contributed by atoms with Crippen LogP contribution in [0.25, 0.3) is 0 Å². The minimum Gasteiger partial charge on any atom is -0.333 e. The Morgan fingerprint density at radius 3 is 2.50 bits per heavy atom. The number of nitrogens with one attached hydrogen (secondary N) is 1. The normalized spacial score (nSPS) is 21.4. The Bertz CT molecular complexity index is 461. The molecular formula is C17H24N2O. The summed E-state index contributed by atoms with van der Waals surface area (Å²) < 4.78 is 0. The van der Waals surface area contributed by atoms with Crippen LogP contribution in [0.5, 0.6) is 0 Å². The molecule has 0 spiro atoms. The third-order valence-corrected chi connectivity index (χ3v) is 4.71. The maximum Gasteiger partial charge on any atom is 0.226 e. The summed E-state index contributed by atoms with van der Waals surface area (Å²) >= 11 is 0. The van der Waals surface area contributed by atoms with Gasteiger partial charge >= 0.3 is 0 Å². The van der Waals surface area contributed by atoms with E-state index >= 15 is 0 Å². The van der Waals surface area contributed by atoms with Gasteiger partial charge in [-0.1, -0.05) is 30.3 Å². The van der Waals surface area contributed by atoms with Gasteiger partial charge in [-0.05, 0) is 51.3 Å². The molecule has 1 aliphatic heterocycles. The third kappa shape index (κ3) is 2.88. The number of piperidine rings is 1. The molecule has 1 saturated carbocycles. The van der Waals surface area contributed by atoms with E-state index in [0.29, 0.717) is 11.8 Å². The maximum atomic E-state index is 12.7. The fraction of sp³-hybridized carbons (Fsp3) is 0.588. The molecule has 0 radical (unpaired) electrons. The maximum absolute atomic E-state index is 12.7. The van der Waals surface area contributed by atoms with E-state index in [2.05, 4.69) is 41.4 Å². The SMILES string of the molecule is CC1(N(Cc2ccccc2)C(=O)C2CC2)CCNCC1. The highest BCUT2D eigenvalue weighted by Gasteiger charge is 2.42. The summed E-state index contributed by atoms with van der Waals surface area (Å²) in [6.07, 6.45) is 4.27. The van der Waals surface area contributed by atoms with Crippen molar-refractivity contribution in [1.29, 1.82) is 0 Å². The zero-order valence-corrected chi connectivity index (χ0v) is 12.3. The highest BCUT2D eigenvalue weighted by atomic mass is 16.2. The van der Waals surface area contributed by atoms with Crippen molar-refractivity contribution in [3.8, 4) is 0 Å². The first-order chi connectivity index (χ1) is 9.69. The Morgan fingerprint density at radius 1 is 1.25 bits per heavy atom. The van der Waals surface area contributed by atoms with Crippen molar-refractivity contribution in [1.82, 2.24) is 10.2 Å². The molecule has 3 nitrogen and oxygen atoms in total. The van der Waals surface area contributed by atoms with E-state index < -0.39 is 0 Å². The quantitative estimate of drug-likeness (QED) is 0.913.